The van der Waals surface area contributed by atoms with Crippen molar-refractivity contribution >= 4 is 52.8 Å². The van der Waals surface area contributed by atoms with Gasteiger partial charge in [-0.15, -0.1) is 0 Å². The average molecular weight is 890 g/mol. The standard InChI is InChI=1S/C51H55N9O6/c1-33(39-12-8-13-40-46(39)50(66)60(49(40)65)43-21-22-44(61)57-48(43)64)10-6-4-3-5-7-14-45(62)59-28-26-58(27-29-59)32-35-16-18-36(19-17-35)47(63)54-38-20-15-34(2)42(30-38)56-51-53-25-23-41(55-51)37-11-9-24-52-31-37/h8-9,11-13,15-20,23-25,30-31,33,43H,3-7,10,14,21-22,26-29,32H2,1-2H3,(H,54,63)(H,53,55,56)(H,57,61,64). The van der Waals surface area contributed by atoms with E-state index in [1.54, 1.807) is 30.7 Å². The number of hydrogen-bond donors (Lipinski definition) is 3. The number of benzene rings is 3. The maximum Gasteiger partial charge on any atom is 0.262 e. The van der Waals surface area contributed by atoms with Crippen molar-refractivity contribution in [2.45, 2.75) is 90.1 Å². The molecule has 3 aromatic carbocycles. The SMILES string of the molecule is Cc1ccc(NC(=O)c2ccc(CN3CCN(C(=O)CCCCCCCC(C)c4cccc5c4C(=O)N(C4CCC(=O)NC4=O)C5=O)CC3)cc2)cc1Nc1nccc(-c2cccnc2)n1. The number of amides is 6. The summed E-state index contributed by atoms with van der Waals surface area (Å²) < 4.78 is 0. The highest BCUT2D eigenvalue weighted by molar-refractivity contribution is 6.24. The molecular formula is C51H55N9O6. The zero-order valence-electron chi connectivity index (χ0n) is 37.4. The van der Waals surface area contributed by atoms with E-state index in [1.807, 2.05) is 78.6 Å². The molecule has 0 bridgehead atoms. The van der Waals surface area contributed by atoms with E-state index in [-0.39, 0.29) is 30.6 Å². The smallest absolute Gasteiger partial charge is 0.262 e. The van der Waals surface area contributed by atoms with E-state index in [4.69, 9.17) is 0 Å². The minimum atomic E-state index is -0.981. The Morgan fingerprint density at radius 1 is 0.848 bits per heavy atom. The van der Waals surface area contributed by atoms with Crippen molar-refractivity contribution in [2.24, 2.45) is 0 Å². The lowest BCUT2D eigenvalue weighted by Crippen LogP contribution is -2.54. The van der Waals surface area contributed by atoms with Gasteiger partial charge in [0.25, 0.3) is 17.7 Å². The maximum atomic E-state index is 13.5. The van der Waals surface area contributed by atoms with Gasteiger partial charge in [0.2, 0.25) is 23.7 Å². The van der Waals surface area contributed by atoms with Crippen LogP contribution in [0.1, 0.15) is 118 Å². The zero-order valence-corrected chi connectivity index (χ0v) is 37.4. The average Bonchev–Trinajstić information content (AvgIpc) is 3.58. The van der Waals surface area contributed by atoms with Crippen molar-refractivity contribution in [1.82, 2.24) is 35.0 Å². The van der Waals surface area contributed by atoms with Gasteiger partial charge in [-0.1, -0.05) is 62.9 Å². The summed E-state index contributed by atoms with van der Waals surface area (Å²) in [7, 11) is 0. The number of carbonyl (C=O) groups is 6. The molecule has 2 fully saturated rings. The van der Waals surface area contributed by atoms with Crippen LogP contribution in [0, 0.1) is 6.92 Å². The van der Waals surface area contributed by atoms with Crippen LogP contribution in [0.25, 0.3) is 11.3 Å². The molecule has 2 atom stereocenters. The summed E-state index contributed by atoms with van der Waals surface area (Å²) >= 11 is 0. The van der Waals surface area contributed by atoms with E-state index >= 15 is 0 Å². The van der Waals surface area contributed by atoms with E-state index in [0.717, 1.165) is 96.7 Å². The maximum absolute atomic E-state index is 13.5. The number of nitrogens with zero attached hydrogens (tertiary/aromatic N) is 6. The lowest BCUT2D eigenvalue weighted by molar-refractivity contribution is -0.136. The van der Waals surface area contributed by atoms with Crippen molar-refractivity contribution in [2.75, 3.05) is 36.8 Å². The number of anilines is 3. The van der Waals surface area contributed by atoms with Gasteiger partial charge in [-0.3, -0.25) is 48.9 Å². The zero-order chi connectivity index (χ0) is 46.2. The third-order valence-corrected chi connectivity index (χ3v) is 12.8. The molecule has 0 saturated carbocycles. The molecule has 6 amide bonds. The number of imide groups is 2. The molecule has 2 aromatic heterocycles. The van der Waals surface area contributed by atoms with Crippen LogP contribution in [0.3, 0.4) is 0 Å². The molecule has 2 saturated heterocycles. The number of piperazine rings is 1. The van der Waals surface area contributed by atoms with Gasteiger partial charge in [-0.05, 0) is 97.3 Å². The van der Waals surface area contributed by atoms with E-state index in [2.05, 4.69) is 42.7 Å². The quantitative estimate of drug-likeness (QED) is 0.0623. The van der Waals surface area contributed by atoms with Crippen LogP contribution in [0.5, 0.6) is 0 Å². The van der Waals surface area contributed by atoms with Gasteiger partial charge in [0.15, 0.2) is 0 Å². The van der Waals surface area contributed by atoms with E-state index < -0.39 is 29.7 Å². The highest BCUT2D eigenvalue weighted by Gasteiger charge is 2.45. The van der Waals surface area contributed by atoms with Crippen LogP contribution in [0.4, 0.5) is 17.3 Å². The molecule has 3 aliphatic heterocycles. The molecule has 2 unspecified atom stereocenters. The predicted molar refractivity (Wildman–Crippen MR) is 250 cm³/mol. The van der Waals surface area contributed by atoms with Crippen molar-refractivity contribution in [3.05, 3.63) is 131 Å². The van der Waals surface area contributed by atoms with Gasteiger partial charge in [0.05, 0.1) is 16.8 Å². The molecule has 15 nitrogen and oxygen atoms in total. The van der Waals surface area contributed by atoms with Crippen molar-refractivity contribution < 1.29 is 28.8 Å². The second-order valence-corrected chi connectivity index (χ2v) is 17.4. The predicted octanol–water partition coefficient (Wildman–Crippen LogP) is 7.42. The number of unbranched alkanes of at least 4 members (excludes halogenated alkanes) is 4. The molecular weight excluding hydrogens is 835 g/mol. The third-order valence-electron chi connectivity index (χ3n) is 12.8. The summed E-state index contributed by atoms with van der Waals surface area (Å²) in [6.45, 7) is 7.72. The number of aromatic nitrogens is 3. The Morgan fingerprint density at radius 3 is 2.41 bits per heavy atom. The van der Waals surface area contributed by atoms with Crippen molar-refractivity contribution in [3.63, 3.8) is 0 Å². The van der Waals surface area contributed by atoms with Gasteiger partial charge in [0, 0.05) is 86.7 Å². The fourth-order valence-corrected chi connectivity index (χ4v) is 8.95. The normalized spacial score (nSPS) is 16.8. The van der Waals surface area contributed by atoms with E-state index in [9.17, 15) is 28.8 Å². The Labute approximate surface area is 384 Å². The van der Waals surface area contributed by atoms with Gasteiger partial charge < -0.3 is 15.5 Å². The van der Waals surface area contributed by atoms with Gasteiger partial charge in [-0.2, -0.15) is 0 Å². The first-order valence-corrected chi connectivity index (χ1v) is 22.9. The van der Waals surface area contributed by atoms with E-state index in [0.29, 0.717) is 47.8 Å². The largest absolute Gasteiger partial charge is 0.340 e. The van der Waals surface area contributed by atoms with Crippen LogP contribution in [-0.4, -0.2) is 97.3 Å². The van der Waals surface area contributed by atoms with Crippen molar-refractivity contribution in [3.8, 4) is 11.3 Å². The van der Waals surface area contributed by atoms with Crippen LogP contribution in [0.15, 0.2) is 97.5 Å². The molecule has 0 spiro atoms. The number of carbonyl (C=O) groups excluding carboxylic acids is 6. The Morgan fingerprint density at radius 2 is 1.64 bits per heavy atom. The molecule has 66 heavy (non-hydrogen) atoms. The highest BCUT2D eigenvalue weighted by atomic mass is 16.2. The van der Waals surface area contributed by atoms with Crippen LogP contribution in [-0.2, 0) is 20.9 Å². The topological polar surface area (TPSA) is 187 Å². The Kier molecular flexibility index (Phi) is 14.3. The molecule has 0 radical (unpaired) electrons. The number of pyridine rings is 1. The summed E-state index contributed by atoms with van der Waals surface area (Å²) in [5.74, 6) is -1.49. The second kappa shape index (κ2) is 20.8. The fraction of sp³-hybridized carbons (Fsp3) is 0.353. The number of aryl methyl sites for hydroxylation is 1. The second-order valence-electron chi connectivity index (χ2n) is 17.4. The number of fused-ring (bicyclic) bond motifs is 1. The molecule has 15 heteroatoms. The Bertz CT molecular complexity index is 2610. The summed E-state index contributed by atoms with van der Waals surface area (Å²) in [5, 5.41) is 8.54. The minimum absolute atomic E-state index is 0.0402. The van der Waals surface area contributed by atoms with E-state index in [1.165, 1.54) is 0 Å². The molecule has 3 aliphatic rings. The molecule has 8 rings (SSSR count). The van der Waals surface area contributed by atoms with Crippen LogP contribution >= 0.6 is 0 Å². The summed E-state index contributed by atoms with van der Waals surface area (Å²) in [6.07, 6.45) is 11.5. The lowest BCUT2D eigenvalue weighted by Gasteiger charge is -2.35. The first-order chi connectivity index (χ1) is 32.0. The molecule has 5 heterocycles. The first-order valence-electron chi connectivity index (χ1n) is 22.9. The molecule has 5 aromatic rings. The number of rotatable bonds is 17. The highest BCUT2D eigenvalue weighted by Crippen LogP contribution is 2.35. The van der Waals surface area contributed by atoms with Gasteiger partial charge >= 0.3 is 0 Å². The van der Waals surface area contributed by atoms with Crippen LogP contribution < -0.4 is 16.0 Å². The van der Waals surface area contributed by atoms with Gasteiger partial charge in [-0.25, -0.2) is 9.97 Å². The van der Waals surface area contributed by atoms with Crippen LogP contribution in [0.2, 0.25) is 0 Å². The molecule has 0 aliphatic carbocycles. The van der Waals surface area contributed by atoms with Crippen molar-refractivity contribution in [1.29, 1.82) is 0 Å². The summed E-state index contributed by atoms with van der Waals surface area (Å²) in [6, 6.07) is 23.3. The number of hydrogen-bond acceptors (Lipinski definition) is 11. The lowest BCUT2D eigenvalue weighted by atomic mass is 9.89. The molecule has 340 valence electrons. The number of nitrogens with one attached hydrogen (secondary N) is 3. The fourth-order valence-electron chi connectivity index (χ4n) is 8.95. The van der Waals surface area contributed by atoms with Gasteiger partial charge in [0.1, 0.15) is 6.04 Å². The molecule has 3 N–H and O–H groups in total. The Balaban J connectivity index is 0.718. The summed E-state index contributed by atoms with van der Waals surface area (Å²) in [5.41, 5.74) is 7.19. The first kappa shape index (κ1) is 45.4. The third kappa shape index (κ3) is 10.7. The summed E-state index contributed by atoms with van der Waals surface area (Å²) in [4.78, 5) is 95.7. The monoisotopic (exact) mass is 889 g/mol. The minimum Gasteiger partial charge on any atom is -0.340 e. The Hall–Kier alpha value is -7.13. The number of piperidine rings is 1.